The molecule has 1 atom stereocenters. The topological polar surface area (TPSA) is 32.3 Å². The van der Waals surface area contributed by atoms with Gasteiger partial charge in [-0.25, -0.2) is 0 Å². The summed E-state index contributed by atoms with van der Waals surface area (Å²) in [5.74, 6) is 0.513. The number of likely N-dealkylation sites (tertiary alicyclic amines) is 1. The van der Waals surface area contributed by atoms with Crippen molar-refractivity contribution in [1.29, 1.82) is 0 Å². The van der Waals surface area contributed by atoms with E-state index in [1.807, 2.05) is 12.1 Å². The number of nitrogens with zero attached hydrogens (tertiary/aromatic N) is 1. The molecule has 4 rings (SSSR count). The first-order chi connectivity index (χ1) is 13.8. The molecular weight excluding hydrogens is 344 g/mol. The van der Waals surface area contributed by atoms with Gasteiger partial charge in [0.05, 0.1) is 0 Å². The third kappa shape index (κ3) is 4.71. The summed E-state index contributed by atoms with van der Waals surface area (Å²) in [5, 5.41) is 3.16. The molecule has 1 aliphatic heterocycles. The quantitative estimate of drug-likeness (QED) is 0.789. The van der Waals surface area contributed by atoms with Gasteiger partial charge in [-0.05, 0) is 55.3 Å². The highest BCUT2D eigenvalue weighted by molar-refractivity contribution is 5.82. The molecule has 3 nitrogen and oxygen atoms in total. The first kappa shape index (κ1) is 18.9. The van der Waals surface area contributed by atoms with E-state index >= 15 is 0 Å². The molecule has 1 saturated heterocycles. The van der Waals surface area contributed by atoms with Crippen molar-refractivity contribution >= 4 is 12.0 Å². The van der Waals surface area contributed by atoms with Crippen LogP contribution in [0, 0.1) is 11.3 Å². The molecule has 2 aromatic rings. The van der Waals surface area contributed by atoms with Crippen LogP contribution < -0.4 is 5.32 Å². The maximum absolute atomic E-state index is 12.5. The van der Waals surface area contributed by atoms with Gasteiger partial charge in [-0.2, -0.15) is 0 Å². The van der Waals surface area contributed by atoms with Crippen molar-refractivity contribution in [1.82, 2.24) is 10.2 Å². The Labute approximate surface area is 168 Å². The lowest BCUT2D eigenvalue weighted by Crippen LogP contribution is -2.37. The van der Waals surface area contributed by atoms with Crippen molar-refractivity contribution in [2.45, 2.75) is 25.7 Å². The van der Waals surface area contributed by atoms with Crippen LogP contribution in [0.2, 0.25) is 0 Å². The van der Waals surface area contributed by atoms with Crippen LogP contribution in [-0.4, -0.2) is 37.0 Å². The second-order valence-corrected chi connectivity index (χ2v) is 8.26. The molecule has 1 spiro atoms. The van der Waals surface area contributed by atoms with Crippen molar-refractivity contribution in [3.05, 3.63) is 77.9 Å². The molecule has 2 aromatic carbocycles. The number of rotatable bonds is 7. The molecule has 1 heterocycles. The molecule has 146 valence electrons. The van der Waals surface area contributed by atoms with E-state index in [1.54, 1.807) is 0 Å². The highest BCUT2D eigenvalue weighted by atomic mass is 16.2. The molecular formula is C25H30N2O. The summed E-state index contributed by atoms with van der Waals surface area (Å²) >= 11 is 0. The van der Waals surface area contributed by atoms with Gasteiger partial charge in [0.1, 0.15) is 0 Å². The minimum atomic E-state index is 0.241. The molecule has 0 bridgehead atoms. The lowest BCUT2D eigenvalue weighted by molar-refractivity contribution is -0.123. The fourth-order valence-electron chi connectivity index (χ4n) is 4.45. The van der Waals surface area contributed by atoms with Crippen LogP contribution in [0.25, 0.3) is 6.08 Å². The highest BCUT2D eigenvalue weighted by Gasteiger charge is 2.58. The SMILES string of the molecule is O=C(NCCc1ccccc1)C1CC12CCN(C/C=C/c1ccccc1)CC2. The number of hydrogen-bond donors (Lipinski definition) is 1. The minimum absolute atomic E-state index is 0.241. The largest absolute Gasteiger partial charge is 0.356 e. The van der Waals surface area contributed by atoms with Gasteiger partial charge in [-0.1, -0.05) is 72.8 Å². The van der Waals surface area contributed by atoms with Crippen LogP contribution in [0.5, 0.6) is 0 Å². The summed E-state index contributed by atoms with van der Waals surface area (Å²) in [4.78, 5) is 15.1. The van der Waals surface area contributed by atoms with Gasteiger partial charge in [0.15, 0.2) is 0 Å². The summed E-state index contributed by atoms with van der Waals surface area (Å²) in [6, 6.07) is 20.8. The Kier molecular flexibility index (Phi) is 5.92. The van der Waals surface area contributed by atoms with E-state index in [4.69, 9.17) is 0 Å². The van der Waals surface area contributed by atoms with Gasteiger partial charge in [0, 0.05) is 19.0 Å². The standard InChI is InChI=1S/C25H30N2O/c28-24(26-16-13-22-10-5-2-6-11-22)23-20-25(23)14-18-27(19-15-25)17-7-12-21-8-3-1-4-9-21/h1-12,23H,13-20H2,(H,26,28)/b12-7+. The third-order valence-corrected chi connectivity index (χ3v) is 6.39. The first-order valence-corrected chi connectivity index (χ1v) is 10.5. The average Bonchev–Trinajstić information content (AvgIpc) is 3.45. The lowest BCUT2D eigenvalue weighted by atomic mass is 9.90. The van der Waals surface area contributed by atoms with Crippen molar-refractivity contribution in [2.75, 3.05) is 26.2 Å². The molecule has 1 aliphatic carbocycles. The van der Waals surface area contributed by atoms with Crippen LogP contribution in [0.4, 0.5) is 0 Å². The molecule has 1 amide bonds. The second kappa shape index (κ2) is 8.74. The molecule has 0 aromatic heterocycles. The zero-order valence-corrected chi connectivity index (χ0v) is 16.5. The zero-order valence-electron chi connectivity index (χ0n) is 16.5. The number of piperidine rings is 1. The Morgan fingerprint density at radius 1 is 1.04 bits per heavy atom. The number of benzene rings is 2. The number of hydrogen-bond acceptors (Lipinski definition) is 2. The van der Waals surface area contributed by atoms with Gasteiger partial charge in [-0.3, -0.25) is 9.69 Å². The summed E-state index contributed by atoms with van der Waals surface area (Å²) in [7, 11) is 0. The van der Waals surface area contributed by atoms with Crippen molar-refractivity contribution < 1.29 is 4.79 Å². The van der Waals surface area contributed by atoms with Gasteiger partial charge in [-0.15, -0.1) is 0 Å². The predicted octanol–water partition coefficient (Wildman–Crippen LogP) is 4.16. The second-order valence-electron chi connectivity index (χ2n) is 8.26. The zero-order chi connectivity index (χ0) is 19.2. The maximum atomic E-state index is 12.5. The number of carbonyl (C=O) groups excluding carboxylic acids is 1. The van der Waals surface area contributed by atoms with Crippen LogP contribution >= 0.6 is 0 Å². The molecule has 3 heteroatoms. The fourth-order valence-corrected chi connectivity index (χ4v) is 4.45. The Morgan fingerprint density at radius 2 is 1.71 bits per heavy atom. The van der Waals surface area contributed by atoms with Gasteiger partial charge in [0.25, 0.3) is 0 Å². The van der Waals surface area contributed by atoms with Crippen molar-refractivity contribution in [3.63, 3.8) is 0 Å². The van der Waals surface area contributed by atoms with Crippen molar-refractivity contribution in [2.24, 2.45) is 11.3 Å². The minimum Gasteiger partial charge on any atom is -0.356 e. The summed E-state index contributed by atoms with van der Waals surface area (Å²) in [5.41, 5.74) is 2.83. The van der Waals surface area contributed by atoms with E-state index in [-0.39, 0.29) is 17.2 Å². The van der Waals surface area contributed by atoms with E-state index in [0.29, 0.717) is 0 Å². The van der Waals surface area contributed by atoms with Gasteiger partial charge >= 0.3 is 0 Å². The van der Waals surface area contributed by atoms with Crippen LogP contribution in [0.1, 0.15) is 30.4 Å². The number of nitrogens with one attached hydrogen (secondary N) is 1. The molecule has 28 heavy (non-hydrogen) atoms. The maximum Gasteiger partial charge on any atom is 0.223 e. The number of amides is 1. The van der Waals surface area contributed by atoms with E-state index in [2.05, 4.69) is 70.9 Å². The average molecular weight is 375 g/mol. The molecule has 1 N–H and O–H groups in total. The third-order valence-electron chi connectivity index (χ3n) is 6.39. The molecule has 2 aliphatic rings. The van der Waals surface area contributed by atoms with Gasteiger partial charge in [0.2, 0.25) is 5.91 Å². The molecule has 2 fully saturated rings. The summed E-state index contributed by atoms with van der Waals surface area (Å²) in [6.07, 6.45) is 8.76. The van der Waals surface area contributed by atoms with Crippen LogP contribution in [0.3, 0.4) is 0 Å². The summed E-state index contributed by atoms with van der Waals surface area (Å²) in [6.45, 7) is 3.95. The Balaban J connectivity index is 1.17. The van der Waals surface area contributed by atoms with E-state index in [1.165, 1.54) is 11.1 Å². The fraction of sp³-hybridized carbons (Fsp3) is 0.400. The van der Waals surface area contributed by atoms with Crippen molar-refractivity contribution in [3.8, 4) is 0 Å². The molecule has 1 unspecified atom stereocenters. The van der Waals surface area contributed by atoms with E-state index in [0.717, 1.165) is 51.9 Å². The summed E-state index contributed by atoms with van der Waals surface area (Å²) < 4.78 is 0. The first-order valence-electron chi connectivity index (χ1n) is 10.5. The Hall–Kier alpha value is -2.39. The lowest BCUT2D eigenvalue weighted by Gasteiger charge is -2.32. The smallest absolute Gasteiger partial charge is 0.223 e. The van der Waals surface area contributed by atoms with E-state index in [9.17, 15) is 4.79 Å². The van der Waals surface area contributed by atoms with Gasteiger partial charge < -0.3 is 5.32 Å². The van der Waals surface area contributed by atoms with E-state index < -0.39 is 0 Å². The normalized spacial score (nSPS) is 21.1. The van der Waals surface area contributed by atoms with Crippen LogP contribution in [0.15, 0.2) is 66.7 Å². The molecule has 0 radical (unpaired) electrons. The van der Waals surface area contributed by atoms with Crippen LogP contribution in [-0.2, 0) is 11.2 Å². The predicted molar refractivity (Wildman–Crippen MR) is 115 cm³/mol. The number of carbonyl (C=O) groups is 1. The molecule has 1 saturated carbocycles. The highest BCUT2D eigenvalue weighted by Crippen LogP contribution is 2.59. The Bertz CT molecular complexity index is 792. The Morgan fingerprint density at radius 3 is 2.43 bits per heavy atom. The monoisotopic (exact) mass is 374 g/mol.